The van der Waals surface area contributed by atoms with Gasteiger partial charge in [-0.3, -0.25) is 0 Å². The van der Waals surface area contributed by atoms with Crippen molar-refractivity contribution in [2.24, 2.45) is 5.84 Å². The Hall–Kier alpha value is -1.95. The standard InChI is InChI=1S/C12H18N6/c1-4-5-10-14-11(16-13)7-12(15-10)18-9(3)6-8(2)17-18/h6-7H,4-5,13H2,1-3H3,(H,14,15,16). The van der Waals surface area contributed by atoms with Crippen LogP contribution in [0.4, 0.5) is 5.82 Å². The fourth-order valence-electron chi connectivity index (χ4n) is 1.86. The minimum atomic E-state index is 0.607. The van der Waals surface area contributed by atoms with Gasteiger partial charge in [0.25, 0.3) is 0 Å². The normalized spacial score (nSPS) is 10.7. The highest BCUT2D eigenvalue weighted by Gasteiger charge is 2.09. The van der Waals surface area contributed by atoms with Crippen molar-refractivity contribution in [3.63, 3.8) is 0 Å². The van der Waals surface area contributed by atoms with Gasteiger partial charge < -0.3 is 5.43 Å². The van der Waals surface area contributed by atoms with Crippen molar-refractivity contribution < 1.29 is 0 Å². The highest BCUT2D eigenvalue weighted by Crippen LogP contribution is 2.14. The molecule has 0 aliphatic carbocycles. The maximum absolute atomic E-state index is 5.44. The molecule has 2 aromatic heterocycles. The molecule has 0 amide bonds. The first-order valence-corrected chi connectivity index (χ1v) is 6.02. The Kier molecular flexibility index (Phi) is 3.57. The fraction of sp³-hybridized carbons (Fsp3) is 0.417. The van der Waals surface area contributed by atoms with Gasteiger partial charge >= 0.3 is 0 Å². The lowest BCUT2D eigenvalue weighted by Gasteiger charge is -2.08. The molecule has 0 unspecified atom stereocenters. The Balaban J connectivity index is 2.49. The van der Waals surface area contributed by atoms with E-state index >= 15 is 0 Å². The van der Waals surface area contributed by atoms with E-state index in [-0.39, 0.29) is 0 Å². The Morgan fingerprint density at radius 1 is 1.28 bits per heavy atom. The molecule has 0 aliphatic rings. The average molecular weight is 246 g/mol. The van der Waals surface area contributed by atoms with Gasteiger partial charge in [-0.25, -0.2) is 20.5 Å². The number of anilines is 1. The number of hydrogen-bond donors (Lipinski definition) is 2. The van der Waals surface area contributed by atoms with Crippen LogP contribution in [0.3, 0.4) is 0 Å². The number of nitrogens with one attached hydrogen (secondary N) is 1. The molecule has 2 aromatic rings. The van der Waals surface area contributed by atoms with E-state index in [1.54, 1.807) is 10.7 Å². The molecule has 18 heavy (non-hydrogen) atoms. The number of nitrogens with two attached hydrogens (primary N) is 1. The number of hydrazine groups is 1. The highest BCUT2D eigenvalue weighted by molar-refractivity contribution is 5.41. The molecule has 6 nitrogen and oxygen atoms in total. The number of nitrogens with zero attached hydrogens (tertiary/aromatic N) is 4. The molecular formula is C12H18N6. The number of nitrogen functional groups attached to an aromatic ring is 1. The zero-order valence-corrected chi connectivity index (χ0v) is 10.9. The van der Waals surface area contributed by atoms with Crippen molar-refractivity contribution in [2.75, 3.05) is 5.43 Å². The van der Waals surface area contributed by atoms with E-state index in [0.717, 1.165) is 35.9 Å². The molecule has 96 valence electrons. The van der Waals surface area contributed by atoms with Crippen LogP contribution in [0.1, 0.15) is 30.6 Å². The van der Waals surface area contributed by atoms with Crippen LogP contribution >= 0.6 is 0 Å². The van der Waals surface area contributed by atoms with E-state index in [2.05, 4.69) is 27.4 Å². The van der Waals surface area contributed by atoms with Crippen molar-refractivity contribution in [3.05, 3.63) is 29.3 Å². The molecule has 0 atom stereocenters. The highest BCUT2D eigenvalue weighted by atomic mass is 15.3. The Morgan fingerprint density at radius 2 is 2.06 bits per heavy atom. The zero-order valence-electron chi connectivity index (χ0n) is 10.9. The second-order valence-corrected chi connectivity index (χ2v) is 4.26. The third-order valence-corrected chi connectivity index (χ3v) is 2.61. The molecule has 0 radical (unpaired) electrons. The van der Waals surface area contributed by atoms with Gasteiger partial charge in [0.15, 0.2) is 5.82 Å². The second kappa shape index (κ2) is 5.14. The molecule has 3 N–H and O–H groups in total. The summed E-state index contributed by atoms with van der Waals surface area (Å²) in [5.74, 6) is 7.56. The molecule has 2 rings (SSSR count). The summed E-state index contributed by atoms with van der Waals surface area (Å²) in [6.07, 6.45) is 1.81. The van der Waals surface area contributed by atoms with Gasteiger partial charge in [0.05, 0.1) is 5.69 Å². The summed E-state index contributed by atoms with van der Waals surface area (Å²) >= 11 is 0. The first-order chi connectivity index (χ1) is 8.63. The molecule has 6 heteroatoms. The van der Waals surface area contributed by atoms with Crippen LogP contribution in [0, 0.1) is 13.8 Å². The number of aromatic nitrogens is 4. The summed E-state index contributed by atoms with van der Waals surface area (Å²) < 4.78 is 1.80. The van der Waals surface area contributed by atoms with Crippen LogP contribution in [0.15, 0.2) is 12.1 Å². The van der Waals surface area contributed by atoms with Gasteiger partial charge in [0, 0.05) is 18.2 Å². The fourth-order valence-corrected chi connectivity index (χ4v) is 1.86. The van der Waals surface area contributed by atoms with Crippen LogP contribution in [0.25, 0.3) is 5.82 Å². The van der Waals surface area contributed by atoms with Gasteiger partial charge in [-0.15, -0.1) is 0 Å². The first-order valence-electron chi connectivity index (χ1n) is 6.02. The zero-order chi connectivity index (χ0) is 13.1. The number of aryl methyl sites for hydroxylation is 3. The topological polar surface area (TPSA) is 81.6 Å². The molecule has 0 aliphatic heterocycles. The Labute approximate surface area is 106 Å². The largest absolute Gasteiger partial charge is 0.308 e. The number of hydrogen-bond acceptors (Lipinski definition) is 5. The molecule has 0 saturated carbocycles. The minimum Gasteiger partial charge on any atom is -0.308 e. The summed E-state index contributed by atoms with van der Waals surface area (Å²) in [5, 5.41) is 4.41. The van der Waals surface area contributed by atoms with E-state index in [1.807, 2.05) is 19.9 Å². The van der Waals surface area contributed by atoms with Crippen LogP contribution in [0.2, 0.25) is 0 Å². The van der Waals surface area contributed by atoms with E-state index in [1.165, 1.54) is 0 Å². The van der Waals surface area contributed by atoms with Crippen LogP contribution in [0.5, 0.6) is 0 Å². The Bertz CT molecular complexity index is 545. The van der Waals surface area contributed by atoms with E-state index in [9.17, 15) is 0 Å². The monoisotopic (exact) mass is 246 g/mol. The summed E-state index contributed by atoms with van der Waals surface area (Å²) in [7, 11) is 0. The molecular weight excluding hydrogens is 228 g/mol. The van der Waals surface area contributed by atoms with E-state index in [4.69, 9.17) is 5.84 Å². The molecule has 0 bridgehead atoms. The minimum absolute atomic E-state index is 0.607. The smallest absolute Gasteiger partial charge is 0.159 e. The number of rotatable bonds is 4. The lowest BCUT2D eigenvalue weighted by Crippen LogP contribution is -2.13. The predicted molar refractivity (Wildman–Crippen MR) is 70.4 cm³/mol. The molecule has 2 heterocycles. The molecule has 0 saturated heterocycles. The van der Waals surface area contributed by atoms with E-state index < -0.39 is 0 Å². The third kappa shape index (κ3) is 2.48. The van der Waals surface area contributed by atoms with E-state index in [0.29, 0.717) is 5.82 Å². The lowest BCUT2D eigenvalue weighted by atomic mass is 10.3. The third-order valence-electron chi connectivity index (χ3n) is 2.61. The van der Waals surface area contributed by atoms with Crippen LogP contribution < -0.4 is 11.3 Å². The first kappa shape index (κ1) is 12.5. The van der Waals surface area contributed by atoms with Crippen molar-refractivity contribution in [2.45, 2.75) is 33.6 Å². The van der Waals surface area contributed by atoms with Gasteiger partial charge in [0.2, 0.25) is 0 Å². The summed E-state index contributed by atoms with van der Waals surface area (Å²) in [4.78, 5) is 8.82. The SMILES string of the molecule is CCCc1nc(NN)cc(-n2nc(C)cc2C)n1. The van der Waals surface area contributed by atoms with Crippen molar-refractivity contribution in [1.29, 1.82) is 0 Å². The molecule has 0 spiro atoms. The van der Waals surface area contributed by atoms with Gasteiger partial charge in [-0.1, -0.05) is 6.92 Å². The lowest BCUT2D eigenvalue weighted by molar-refractivity contribution is 0.766. The van der Waals surface area contributed by atoms with Crippen molar-refractivity contribution >= 4 is 5.82 Å². The average Bonchev–Trinajstić information content (AvgIpc) is 2.68. The van der Waals surface area contributed by atoms with Gasteiger partial charge in [0.1, 0.15) is 11.6 Å². The van der Waals surface area contributed by atoms with Crippen LogP contribution in [-0.4, -0.2) is 19.7 Å². The molecule has 0 fully saturated rings. The van der Waals surface area contributed by atoms with Crippen LogP contribution in [-0.2, 0) is 6.42 Å². The quantitative estimate of drug-likeness (QED) is 0.631. The second-order valence-electron chi connectivity index (χ2n) is 4.26. The molecule has 0 aromatic carbocycles. The van der Waals surface area contributed by atoms with Crippen molar-refractivity contribution in [3.8, 4) is 5.82 Å². The van der Waals surface area contributed by atoms with Crippen molar-refractivity contribution in [1.82, 2.24) is 19.7 Å². The van der Waals surface area contributed by atoms with Gasteiger partial charge in [-0.2, -0.15) is 5.10 Å². The maximum atomic E-state index is 5.44. The summed E-state index contributed by atoms with van der Waals surface area (Å²) in [6.45, 7) is 6.05. The maximum Gasteiger partial charge on any atom is 0.159 e. The van der Waals surface area contributed by atoms with Gasteiger partial charge in [-0.05, 0) is 26.3 Å². The predicted octanol–water partition coefficient (Wildman–Crippen LogP) is 1.52. The Morgan fingerprint density at radius 3 is 2.61 bits per heavy atom. The summed E-state index contributed by atoms with van der Waals surface area (Å²) in [6, 6.07) is 3.80. The summed E-state index contributed by atoms with van der Waals surface area (Å²) in [5.41, 5.74) is 4.57.